The average molecular weight is 331 g/mol. The van der Waals surface area contributed by atoms with Crippen LogP contribution in [0.25, 0.3) is 0 Å². The van der Waals surface area contributed by atoms with E-state index in [0.717, 1.165) is 25.5 Å². The zero-order chi connectivity index (χ0) is 18.0. The van der Waals surface area contributed by atoms with Gasteiger partial charge in [-0.2, -0.15) is 0 Å². The van der Waals surface area contributed by atoms with Gasteiger partial charge in [0.25, 0.3) is 0 Å². The second-order valence-corrected chi connectivity index (χ2v) is 7.94. The molecule has 0 atom stereocenters. The van der Waals surface area contributed by atoms with E-state index in [0.29, 0.717) is 5.76 Å². The molecule has 0 aromatic heterocycles. The number of piperidine rings is 1. The third kappa shape index (κ3) is 4.60. The van der Waals surface area contributed by atoms with Crippen LogP contribution in [-0.4, -0.2) is 33.2 Å². The molecule has 4 nitrogen and oxygen atoms in total. The number of ether oxygens (including phenoxy) is 1. The predicted molar refractivity (Wildman–Crippen MR) is 95.6 cm³/mol. The molecule has 24 heavy (non-hydrogen) atoms. The molecule has 0 aliphatic carbocycles. The first-order chi connectivity index (χ1) is 11.1. The maximum atomic E-state index is 10.8. The molecule has 132 valence electrons. The smallest absolute Gasteiger partial charge is 0.331 e. The van der Waals surface area contributed by atoms with Crippen molar-refractivity contribution in [3.05, 3.63) is 47.7 Å². The van der Waals surface area contributed by atoms with Crippen molar-refractivity contribution in [2.75, 3.05) is 0 Å². The number of allylic oxidation sites excluding steroid dienone is 1. The van der Waals surface area contributed by atoms with Crippen molar-refractivity contribution in [2.45, 2.75) is 71.2 Å². The van der Waals surface area contributed by atoms with Crippen LogP contribution in [-0.2, 0) is 16.1 Å². The van der Waals surface area contributed by atoms with Gasteiger partial charge in [0.05, 0.1) is 6.08 Å². The molecule has 1 fully saturated rings. The Labute approximate surface area is 145 Å². The fourth-order valence-electron chi connectivity index (χ4n) is 3.97. The van der Waals surface area contributed by atoms with E-state index in [4.69, 9.17) is 9.84 Å². The molecule has 1 aliphatic heterocycles. The fourth-order valence-corrected chi connectivity index (χ4v) is 3.97. The maximum Gasteiger partial charge on any atom is 0.331 e. The van der Waals surface area contributed by atoms with Crippen molar-refractivity contribution in [3.8, 4) is 0 Å². The van der Waals surface area contributed by atoms with Crippen molar-refractivity contribution in [2.24, 2.45) is 0 Å². The minimum atomic E-state index is -0.965. The quantitative estimate of drug-likeness (QED) is 0.648. The lowest BCUT2D eigenvalue weighted by Crippen LogP contribution is -2.61. The summed E-state index contributed by atoms with van der Waals surface area (Å²) in [5.74, 6) is -0.497. The number of hydrogen-bond donors (Lipinski definition) is 1. The number of carboxylic acids is 1. The van der Waals surface area contributed by atoms with Crippen molar-refractivity contribution in [1.29, 1.82) is 0 Å². The Morgan fingerprint density at radius 2 is 1.75 bits per heavy atom. The van der Waals surface area contributed by atoms with Crippen molar-refractivity contribution in [1.82, 2.24) is 4.90 Å². The number of nitrogens with zero attached hydrogens (tertiary/aromatic N) is 1. The van der Waals surface area contributed by atoms with Gasteiger partial charge in [-0.3, -0.25) is 4.90 Å². The molecule has 0 amide bonds. The van der Waals surface area contributed by atoms with Crippen LogP contribution in [0.4, 0.5) is 0 Å². The van der Waals surface area contributed by atoms with E-state index < -0.39 is 5.97 Å². The van der Waals surface area contributed by atoms with Gasteiger partial charge in [0, 0.05) is 30.5 Å². The maximum absolute atomic E-state index is 10.8. The van der Waals surface area contributed by atoms with Crippen LogP contribution in [0.15, 0.2) is 42.2 Å². The van der Waals surface area contributed by atoms with Gasteiger partial charge in [-0.05, 0) is 40.2 Å². The Bertz CT molecular complexity index is 587. The summed E-state index contributed by atoms with van der Waals surface area (Å²) in [5.41, 5.74) is 1.23. The highest BCUT2D eigenvalue weighted by molar-refractivity contribution is 5.80. The minimum absolute atomic E-state index is 0.0256. The summed E-state index contributed by atoms with van der Waals surface area (Å²) in [6.07, 6.45) is 2.90. The second-order valence-electron chi connectivity index (χ2n) is 7.94. The highest BCUT2D eigenvalue weighted by atomic mass is 16.5. The summed E-state index contributed by atoms with van der Waals surface area (Å²) in [5, 5.41) is 8.86. The number of rotatable bonds is 5. The van der Waals surface area contributed by atoms with E-state index in [1.54, 1.807) is 6.92 Å². The molecular formula is C20H29NO3. The van der Waals surface area contributed by atoms with Crippen molar-refractivity contribution >= 4 is 5.97 Å². The Morgan fingerprint density at radius 3 is 2.25 bits per heavy atom. The fraction of sp³-hybridized carbons (Fsp3) is 0.550. The topological polar surface area (TPSA) is 49.8 Å². The standard InChI is InChI=1S/C20H29NO3/c1-15(11-18(22)23)24-17-12-19(2,3)21(20(4,5)13-17)14-16-9-7-6-8-10-16/h6-11,17H,12-14H2,1-5H3,(H,22,23)/b15-11-. The number of aliphatic carboxylic acids is 1. The first kappa shape index (κ1) is 18.5. The van der Waals surface area contributed by atoms with Gasteiger partial charge >= 0.3 is 5.97 Å². The number of carbonyl (C=O) groups is 1. The van der Waals surface area contributed by atoms with Crippen molar-refractivity contribution in [3.63, 3.8) is 0 Å². The van der Waals surface area contributed by atoms with Crippen LogP contribution in [0.3, 0.4) is 0 Å². The molecule has 1 aromatic rings. The lowest BCUT2D eigenvalue weighted by molar-refractivity contribution is -0.131. The number of hydrogen-bond acceptors (Lipinski definition) is 3. The molecule has 1 heterocycles. The molecule has 0 unspecified atom stereocenters. The predicted octanol–water partition coefficient (Wildman–Crippen LogP) is 4.21. The van der Waals surface area contributed by atoms with Crippen LogP contribution in [0, 0.1) is 0 Å². The Morgan fingerprint density at radius 1 is 1.21 bits per heavy atom. The zero-order valence-corrected chi connectivity index (χ0v) is 15.4. The Balaban J connectivity index is 2.15. The normalized spacial score (nSPS) is 21.5. The lowest BCUT2D eigenvalue weighted by atomic mass is 9.77. The summed E-state index contributed by atoms with van der Waals surface area (Å²) < 4.78 is 5.93. The monoisotopic (exact) mass is 331 g/mol. The van der Waals surface area contributed by atoms with Gasteiger partial charge in [-0.1, -0.05) is 30.3 Å². The van der Waals surface area contributed by atoms with Crippen LogP contribution in [0.2, 0.25) is 0 Å². The lowest BCUT2D eigenvalue weighted by Gasteiger charge is -2.55. The molecule has 0 bridgehead atoms. The van der Waals surface area contributed by atoms with Crippen molar-refractivity contribution < 1.29 is 14.6 Å². The second kappa shape index (κ2) is 6.98. The molecule has 4 heteroatoms. The highest BCUT2D eigenvalue weighted by Gasteiger charge is 2.45. The summed E-state index contributed by atoms with van der Waals surface area (Å²) in [6, 6.07) is 10.5. The first-order valence-electron chi connectivity index (χ1n) is 8.50. The first-order valence-corrected chi connectivity index (χ1v) is 8.50. The number of benzene rings is 1. The van der Waals surface area contributed by atoms with Gasteiger partial charge in [-0.25, -0.2) is 4.79 Å². The molecule has 1 N–H and O–H groups in total. The summed E-state index contributed by atoms with van der Waals surface area (Å²) >= 11 is 0. The van der Waals surface area contributed by atoms with Gasteiger partial charge in [-0.15, -0.1) is 0 Å². The third-order valence-electron chi connectivity index (χ3n) is 4.78. The summed E-state index contributed by atoms with van der Waals surface area (Å²) in [7, 11) is 0. The Kier molecular flexibility index (Phi) is 5.38. The Hall–Kier alpha value is -1.81. The van der Waals surface area contributed by atoms with Crippen LogP contribution in [0.5, 0.6) is 0 Å². The molecule has 1 aromatic carbocycles. The summed E-state index contributed by atoms with van der Waals surface area (Å²) in [6.45, 7) is 11.6. The van der Waals surface area contributed by atoms with Crippen LogP contribution in [0.1, 0.15) is 53.0 Å². The van der Waals surface area contributed by atoms with E-state index >= 15 is 0 Å². The zero-order valence-electron chi connectivity index (χ0n) is 15.4. The van der Waals surface area contributed by atoms with Gasteiger partial charge in [0.1, 0.15) is 11.9 Å². The molecule has 1 saturated heterocycles. The summed E-state index contributed by atoms with van der Waals surface area (Å²) in [4.78, 5) is 13.3. The van der Waals surface area contributed by atoms with E-state index in [1.165, 1.54) is 5.56 Å². The third-order valence-corrected chi connectivity index (χ3v) is 4.78. The van der Waals surface area contributed by atoms with Gasteiger partial charge in [0.2, 0.25) is 0 Å². The molecule has 1 aliphatic rings. The van der Waals surface area contributed by atoms with E-state index in [9.17, 15) is 4.79 Å². The minimum Gasteiger partial charge on any atom is -0.495 e. The van der Waals surface area contributed by atoms with E-state index in [1.807, 2.05) is 6.07 Å². The molecule has 0 spiro atoms. The average Bonchev–Trinajstić information content (AvgIpc) is 2.42. The molecule has 2 rings (SSSR count). The number of carboxylic acid groups (broad SMARTS) is 1. The SMILES string of the molecule is C/C(=C/C(=O)O)OC1CC(C)(C)N(Cc2ccccc2)C(C)(C)C1. The van der Waals surface area contributed by atoms with Crippen LogP contribution < -0.4 is 0 Å². The highest BCUT2D eigenvalue weighted by Crippen LogP contribution is 2.41. The van der Waals surface area contributed by atoms with E-state index in [-0.39, 0.29) is 17.2 Å². The van der Waals surface area contributed by atoms with E-state index in [2.05, 4.69) is 56.9 Å². The molecule has 0 radical (unpaired) electrons. The molecular weight excluding hydrogens is 302 g/mol. The number of likely N-dealkylation sites (tertiary alicyclic amines) is 1. The van der Waals surface area contributed by atoms with Gasteiger partial charge < -0.3 is 9.84 Å². The van der Waals surface area contributed by atoms with Crippen LogP contribution >= 0.6 is 0 Å². The van der Waals surface area contributed by atoms with Gasteiger partial charge in [0.15, 0.2) is 0 Å². The molecule has 0 saturated carbocycles. The largest absolute Gasteiger partial charge is 0.495 e.